The van der Waals surface area contributed by atoms with E-state index in [1.165, 1.54) is 23.3 Å². The van der Waals surface area contributed by atoms with Gasteiger partial charge in [0, 0.05) is 19.6 Å². The first-order valence-corrected chi connectivity index (χ1v) is 9.07. The summed E-state index contributed by atoms with van der Waals surface area (Å²) in [4.78, 5) is 2.39. The van der Waals surface area contributed by atoms with E-state index < -0.39 is 0 Å². The number of hydrogen-bond donors (Lipinski definition) is 2. The fourth-order valence-corrected chi connectivity index (χ4v) is 2.64. The molecule has 0 bridgehead atoms. The van der Waals surface area contributed by atoms with Crippen LogP contribution in [0.5, 0.6) is 0 Å². The number of hydrogen-bond acceptors (Lipinski definition) is 2. The molecule has 2 N–H and O–H groups in total. The highest BCUT2D eigenvalue weighted by atomic mass is 32.1. The maximum atomic E-state index is 12.9. The highest BCUT2D eigenvalue weighted by molar-refractivity contribution is 7.80. The third-order valence-electron chi connectivity index (χ3n) is 4.14. The molecule has 5 heteroatoms. The first-order valence-electron chi connectivity index (χ1n) is 8.67. The fourth-order valence-electron chi connectivity index (χ4n) is 2.50. The predicted octanol–water partition coefficient (Wildman–Crippen LogP) is 3.83. The molecule has 0 amide bonds. The van der Waals surface area contributed by atoms with Crippen LogP contribution in [-0.2, 0) is 19.6 Å². The lowest BCUT2D eigenvalue weighted by Gasteiger charge is -2.18. The molecule has 3 nitrogen and oxygen atoms in total. The number of benzene rings is 2. The molecule has 0 heterocycles. The van der Waals surface area contributed by atoms with Crippen LogP contribution in [-0.4, -0.2) is 23.1 Å². The van der Waals surface area contributed by atoms with Crippen molar-refractivity contribution in [2.45, 2.75) is 33.5 Å². The molecule has 0 aliphatic carbocycles. The number of thiocarbonyl (C=S) groups is 1. The Labute approximate surface area is 155 Å². The Morgan fingerprint density at radius 2 is 1.28 bits per heavy atom. The summed E-state index contributed by atoms with van der Waals surface area (Å²) in [6.07, 6.45) is 0. The van der Waals surface area contributed by atoms with Crippen LogP contribution in [0.3, 0.4) is 0 Å². The van der Waals surface area contributed by atoms with Gasteiger partial charge in [0.25, 0.3) is 0 Å². The molecule has 134 valence electrons. The van der Waals surface area contributed by atoms with Crippen molar-refractivity contribution >= 4 is 17.3 Å². The van der Waals surface area contributed by atoms with E-state index in [2.05, 4.69) is 53.6 Å². The minimum absolute atomic E-state index is 0.228. The van der Waals surface area contributed by atoms with Crippen LogP contribution in [0.2, 0.25) is 0 Å². The SMILES string of the molecule is CCN(CC)Cc1ccc(CNC(=S)NCc2ccc(F)cc2)cc1. The molecule has 2 aromatic rings. The molecule has 0 saturated heterocycles. The zero-order valence-electron chi connectivity index (χ0n) is 14.9. The zero-order chi connectivity index (χ0) is 18.1. The Balaban J connectivity index is 1.74. The molecule has 0 aliphatic rings. The number of halogens is 1. The highest BCUT2D eigenvalue weighted by Gasteiger charge is 2.02. The van der Waals surface area contributed by atoms with E-state index in [1.54, 1.807) is 12.1 Å². The Morgan fingerprint density at radius 1 is 0.840 bits per heavy atom. The van der Waals surface area contributed by atoms with Crippen molar-refractivity contribution in [2.75, 3.05) is 13.1 Å². The van der Waals surface area contributed by atoms with Crippen molar-refractivity contribution in [3.63, 3.8) is 0 Å². The summed E-state index contributed by atoms with van der Waals surface area (Å²) in [6.45, 7) is 8.74. The van der Waals surface area contributed by atoms with Crippen molar-refractivity contribution in [2.24, 2.45) is 0 Å². The van der Waals surface area contributed by atoms with Crippen LogP contribution >= 0.6 is 12.2 Å². The summed E-state index contributed by atoms with van der Waals surface area (Å²) >= 11 is 5.29. The summed E-state index contributed by atoms with van der Waals surface area (Å²) in [7, 11) is 0. The van der Waals surface area contributed by atoms with Gasteiger partial charge in [-0.15, -0.1) is 0 Å². The average Bonchev–Trinajstić information content (AvgIpc) is 2.65. The van der Waals surface area contributed by atoms with Crippen LogP contribution in [0.4, 0.5) is 4.39 Å². The normalized spacial score (nSPS) is 10.7. The minimum Gasteiger partial charge on any atom is -0.359 e. The van der Waals surface area contributed by atoms with E-state index in [-0.39, 0.29) is 5.82 Å². The Bertz CT molecular complexity index is 652. The summed E-state index contributed by atoms with van der Waals surface area (Å²) < 4.78 is 12.9. The molecular weight excluding hydrogens is 333 g/mol. The quantitative estimate of drug-likeness (QED) is 0.701. The van der Waals surface area contributed by atoms with Crippen LogP contribution in [0.1, 0.15) is 30.5 Å². The molecule has 0 spiro atoms. The maximum absolute atomic E-state index is 12.9. The van der Waals surface area contributed by atoms with Crippen LogP contribution in [0, 0.1) is 5.82 Å². The third-order valence-corrected chi connectivity index (χ3v) is 4.43. The van der Waals surface area contributed by atoms with Gasteiger partial charge in [0.1, 0.15) is 5.82 Å². The monoisotopic (exact) mass is 359 g/mol. The lowest BCUT2D eigenvalue weighted by molar-refractivity contribution is 0.296. The topological polar surface area (TPSA) is 27.3 Å². The second kappa shape index (κ2) is 10.1. The van der Waals surface area contributed by atoms with Gasteiger partial charge in [-0.3, -0.25) is 4.90 Å². The zero-order valence-corrected chi connectivity index (χ0v) is 15.7. The summed E-state index contributed by atoms with van der Waals surface area (Å²) in [5.41, 5.74) is 3.50. The van der Waals surface area contributed by atoms with Crippen LogP contribution in [0.15, 0.2) is 48.5 Å². The van der Waals surface area contributed by atoms with Gasteiger partial charge in [-0.2, -0.15) is 0 Å². The molecule has 0 aliphatic heterocycles. The van der Waals surface area contributed by atoms with E-state index in [0.29, 0.717) is 18.2 Å². The van der Waals surface area contributed by atoms with Crippen LogP contribution in [0.25, 0.3) is 0 Å². The Kier molecular flexibility index (Phi) is 7.82. The molecule has 0 atom stereocenters. The summed E-state index contributed by atoms with van der Waals surface area (Å²) in [5, 5.41) is 6.93. The standard InChI is InChI=1S/C20H26FN3S/c1-3-24(4-2)15-18-7-5-16(6-8-18)13-22-20(25)23-14-17-9-11-19(21)12-10-17/h5-12H,3-4,13-15H2,1-2H3,(H2,22,23,25). The third kappa shape index (κ3) is 6.80. The van der Waals surface area contributed by atoms with E-state index in [9.17, 15) is 4.39 Å². The second-order valence-electron chi connectivity index (χ2n) is 5.94. The number of nitrogens with one attached hydrogen (secondary N) is 2. The van der Waals surface area contributed by atoms with Crippen molar-refractivity contribution < 1.29 is 4.39 Å². The van der Waals surface area contributed by atoms with Crippen molar-refractivity contribution in [3.05, 3.63) is 71.0 Å². The molecule has 25 heavy (non-hydrogen) atoms. The highest BCUT2D eigenvalue weighted by Crippen LogP contribution is 2.07. The van der Waals surface area contributed by atoms with Crippen molar-refractivity contribution in [1.82, 2.24) is 15.5 Å². The minimum atomic E-state index is -0.228. The van der Waals surface area contributed by atoms with Gasteiger partial charge in [-0.1, -0.05) is 50.2 Å². The predicted molar refractivity (Wildman–Crippen MR) is 106 cm³/mol. The van der Waals surface area contributed by atoms with E-state index in [0.717, 1.165) is 25.2 Å². The van der Waals surface area contributed by atoms with Gasteiger partial charge in [0.05, 0.1) is 0 Å². The van der Waals surface area contributed by atoms with Gasteiger partial charge in [0.2, 0.25) is 0 Å². The molecule has 2 aromatic carbocycles. The van der Waals surface area contributed by atoms with E-state index in [4.69, 9.17) is 12.2 Å². The summed E-state index contributed by atoms with van der Waals surface area (Å²) in [5.74, 6) is -0.228. The van der Waals surface area contributed by atoms with Gasteiger partial charge in [0.15, 0.2) is 5.11 Å². The summed E-state index contributed by atoms with van der Waals surface area (Å²) in [6, 6.07) is 15.0. The van der Waals surface area contributed by atoms with Gasteiger partial charge >= 0.3 is 0 Å². The first kappa shape index (κ1) is 19.3. The lowest BCUT2D eigenvalue weighted by atomic mass is 10.1. The molecule has 0 aromatic heterocycles. The molecule has 2 rings (SSSR count). The molecule has 0 unspecified atom stereocenters. The maximum Gasteiger partial charge on any atom is 0.166 e. The largest absolute Gasteiger partial charge is 0.359 e. The molecule has 0 saturated carbocycles. The molecule has 0 fully saturated rings. The number of nitrogens with zero attached hydrogens (tertiary/aromatic N) is 1. The lowest BCUT2D eigenvalue weighted by Crippen LogP contribution is -2.34. The second-order valence-corrected chi connectivity index (χ2v) is 6.35. The number of rotatable bonds is 8. The molecule has 0 radical (unpaired) electrons. The van der Waals surface area contributed by atoms with Gasteiger partial charge in [-0.25, -0.2) is 4.39 Å². The smallest absolute Gasteiger partial charge is 0.166 e. The van der Waals surface area contributed by atoms with E-state index in [1.807, 2.05) is 0 Å². The van der Waals surface area contributed by atoms with Gasteiger partial charge < -0.3 is 10.6 Å². The fraction of sp³-hybridized carbons (Fsp3) is 0.350. The van der Waals surface area contributed by atoms with Crippen molar-refractivity contribution in [1.29, 1.82) is 0 Å². The first-order chi connectivity index (χ1) is 12.1. The Hall–Kier alpha value is -1.98. The molecular formula is C20H26FN3S. The van der Waals surface area contributed by atoms with Gasteiger partial charge in [-0.05, 0) is 54.1 Å². The van der Waals surface area contributed by atoms with Crippen LogP contribution < -0.4 is 10.6 Å². The average molecular weight is 360 g/mol. The Morgan fingerprint density at radius 3 is 1.76 bits per heavy atom. The van der Waals surface area contributed by atoms with Crippen molar-refractivity contribution in [3.8, 4) is 0 Å². The van der Waals surface area contributed by atoms with E-state index >= 15 is 0 Å².